The van der Waals surface area contributed by atoms with Crippen molar-refractivity contribution in [1.82, 2.24) is 5.32 Å². The van der Waals surface area contributed by atoms with Crippen LogP contribution in [0.5, 0.6) is 11.5 Å². The van der Waals surface area contributed by atoms with E-state index in [1.165, 1.54) is 6.92 Å². The average molecular weight is 1250 g/mol. The Morgan fingerprint density at radius 3 is 2.02 bits per heavy atom. The minimum atomic E-state index is -4.61. The van der Waals surface area contributed by atoms with Crippen LogP contribution < -0.4 is 15.0 Å². The second-order valence-electron chi connectivity index (χ2n) is 17.6. The lowest BCUT2D eigenvalue weighted by molar-refractivity contribution is -0.385. The molecule has 1 aliphatic rings. The number of nitrogens with zero attached hydrogens (tertiary/aromatic N) is 3. The van der Waals surface area contributed by atoms with E-state index < -0.39 is 122 Å². The summed E-state index contributed by atoms with van der Waals surface area (Å²) in [6, 6.07) is 14.2. The highest BCUT2D eigenvalue weighted by Crippen LogP contribution is 2.38. The minimum Gasteiger partial charge on any atom is -0.480 e. The lowest BCUT2D eigenvalue weighted by atomic mass is 9.81. The normalized spacial score (nSPS) is 13.2. The molecule has 2 atom stereocenters. The van der Waals surface area contributed by atoms with Crippen molar-refractivity contribution in [3.63, 3.8) is 0 Å². The zero-order chi connectivity index (χ0) is 63.3. The van der Waals surface area contributed by atoms with Crippen LogP contribution >= 0.6 is 30.8 Å². The van der Waals surface area contributed by atoms with Gasteiger partial charge in [-0.15, -0.1) is 11.6 Å². The Labute approximate surface area is 482 Å². The van der Waals surface area contributed by atoms with Crippen molar-refractivity contribution in [3.05, 3.63) is 126 Å². The number of nitrogens with one attached hydrogen (secondary N) is 1. The number of sulfone groups is 1. The molecule has 5 rings (SSSR count). The Balaban J connectivity index is 0.000000402. The molecule has 0 aromatic heterocycles. The van der Waals surface area contributed by atoms with Crippen LogP contribution in [0.3, 0.4) is 0 Å². The number of esters is 2. The highest BCUT2D eigenvalue weighted by Gasteiger charge is 2.39. The first-order chi connectivity index (χ1) is 38.5. The number of benzene rings is 4. The van der Waals surface area contributed by atoms with Gasteiger partial charge in [0.1, 0.15) is 28.9 Å². The number of Topliss-reactive ketones (excluding diaryl/α,β-unsaturated/α-hetero) is 3. The van der Waals surface area contributed by atoms with E-state index >= 15 is 0 Å². The number of ether oxygens (including phenoxy) is 4. The molecule has 0 bridgehead atoms. The van der Waals surface area contributed by atoms with Crippen LogP contribution in [0.1, 0.15) is 84.4 Å². The number of carboxylic acid groups (broad SMARTS) is 1. The molecule has 0 heterocycles. The number of carbonyl (C=O) groups excluding carboxylic acids is 6. The van der Waals surface area contributed by atoms with Gasteiger partial charge < -0.3 is 38.7 Å². The van der Waals surface area contributed by atoms with Crippen molar-refractivity contribution in [2.45, 2.75) is 83.5 Å². The third-order valence-electron chi connectivity index (χ3n) is 11.2. The van der Waals surface area contributed by atoms with E-state index in [1.807, 2.05) is 26.0 Å². The summed E-state index contributed by atoms with van der Waals surface area (Å²) in [5.41, 5.74) is -0.123. The molecule has 83 heavy (non-hydrogen) atoms. The summed E-state index contributed by atoms with van der Waals surface area (Å²) >= 11 is 11.6. The number of anilines is 1. The second kappa shape index (κ2) is 32.6. The maximum atomic E-state index is 12.8. The number of carboxylic acids is 1. The predicted octanol–water partition coefficient (Wildman–Crippen LogP) is 8.25. The molecular weight excluding hydrogens is 1200 g/mol. The van der Waals surface area contributed by atoms with Crippen LogP contribution in [0.4, 0.5) is 30.2 Å². The van der Waals surface area contributed by atoms with Crippen LogP contribution in [-0.2, 0) is 65.2 Å². The number of ketones is 3. The van der Waals surface area contributed by atoms with E-state index in [4.69, 9.17) is 57.0 Å². The molecule has 2 unspecified atom stereocenters. The Hall–Kier alpha value is -7.24. The maximum absolute atomic E-state index is 12.8. The number of hydrogen-bond donors (Lipinski definition) is 4. The van der Waals surface area contributed by atoms with Gasteiger partial charge in [-0.25, -0.2) is 18.0 Å². The van der Waals surface area contributed by atoms with E-state index in [0.717, 1.165) is 78.0 Å². The van der Waals surface area contributed by atoms with Crippen LogP contribution in [0.15, 0.2) is 77.7 Å². The maximum Gasteiger partial charge on any atom is 0.416 e. The molecule has 0 radical (unpaired) electrons. The highest BCUT2D eigenvalue weighted by atomic mass is 35.5. The second-order valence-corrected chi connectivity index (χ2v) is 21.9. The molecule has 32 heteroatoms. The van der Waals surface area contributed by atoms with Crippen molar-refractivity contribution in [3.8, 4) is 11.5 Å². The quantitative estimate of drug-likeness (QED) is 0.0116. The summed E-state index contributed by atoms with van der Waals surface area (Å²) in [5, 5.41) is 32.1. The largest absolute Gasteiger partial charge is 0.480 e. The van der Waals surface area contributed by atoms with Crippen LogP contribution in [-0.4, -0.2) is 132 Å². The molecule has 1 amide bonds. The molecule has 4 aromatic carbocycles. The van der Waals surface area contributed by atoms with Gasteiger partial charge in [-0.1, -0.05) is 36.7 Å². The van der Waals surface area contributed by atoms with Crippen molar-refractivity contribution in [1.29, 1.82) is 0 Å². The lowest BCUT2D eigenvalue weighted by Crippen LogP contribution is -2.43. The van der Waals surface area contributed by atoms with Crippen LogP contribution in [0.25, 0.3) is 0 Å². The number of para-hydroxylation sites is 1. The molecule has 0 aliphatic heterocycles. The third-order valence-corrected chi connectivity index (χ3v) is 13.4. The first kappa shape index (κ1) is 71.9. The average Bonchev–Trinajstić information content (AvgIpc) is 3.61. The van der Waals surface area contributed by atoms with Crippen molar-refractivity contribution in [2.24, 2.45) is 5.92 Å². The molecule has 1 aliphatic carbocycles. The number of nitro groups is 2. The fraction of sp³-hybridized carbons (Fsp3) is 0.392. The topological polar surface area (TPSA) is 370 Å². The van der Waals surface area contributed by atoms with Gasteiger partial charge in [0, 0.05) is 44.4 Å². The molecule has 25 nitrogen and oxygen atoms in total. The number of alkyl halides is 4. The summed E-state index contributed by atoms with van der Waals surface area (Å²) in [4.78, 5) is 120. The van der Waals surface area contributed by atoms with Gasteiger partial charge in [0.15, 0.2) is 33.3 Å². The number of aliphatic carboxylic acids is 1. The Morgan fingerprint density at radius 2 is 1.53 bits per heavy atom. The number of aryl methyl sites for hydroxylation is 2. The fourth-order valence-electron chi connectivity index (χ4n) is 7.40. The Morgan fingerprint density at radius 1 is 0.916 bits per heavy atom. The van der Waals surface area contributed by atoms with E-state index in [0.29, 0.717) is 19.1 Å². The van der Waals surface area contributed by atoms with E-state index in [2.05, 4.69) is 18.3 Å². The molecule has 0 spiro atoms. The van der Waals surface area contributed by atoms with E-state index in [1.54, 1.807) is 18.9 Å². The monoisotopic (exact) mass is 1250 g/mol. The smallest absolute Gasteiger partial charge is 0.416 e. The van der Waals surface area contributed by atoms with E-state index in [-0.39, 0.29) is 58.7 Å². The number of rotatable bonds is 21. The summed E-state index contributed by atoms with van der Waals surface area (Å²) in [6.07, 6.45) is -4.29. The first-order valence-corrected chi connectivity index (χ1v) is 28.9. The third kappa shape index (κ3) is 22.5. The summed E-state index contributed by atoms with van der Waals surface area (Å²) in [6.45, 7) is 8.93. The number of carbonyl (C=O) groups is 7. The predicted molar refractivity (Wildman–Crippen MR) is 292 cm³/mol. The Kier molecular flexibility index (Phi) is 28.2. The number of methoxy groups -OCH3 is 1. The highest BCUT2D eigenvalue weighted by molar-refractivity contribution is 7.90. The van der Waals surface area contributed by atoms with Gasteiger partial charge in [0.25, 0.3) is 11.4 Å². The zero-order valence-electron chi connectivity index (χ0n) is 45.3. The summed E-state index contributed by atoms with van der Waals surface area (Å²) in [7, 11) is -6.16. The number of amides is 1. The summed E-state index contributed by atoms with van der Waals surface area (Å²) < 4.78 is 91.4. The van der Waals surface area contributed by atoms with Crippen molar-refractivity contribution >= 4 is 98.9 Å². The lowest BCUT2D eigenvalue weighted by Gasteiger charge is -2.31. The minimum absolute atomic E-state index is 0.0223. The van der Waals surface area contributed by atoms with Crippen molar-refractivity contribution in [2.75, 3.05) is 50.2 Å². The Bertz CT molecular complexity index is 3200. The fourth-order valence-corrected chi connectivity index (χ4v) is 8.80. The van der Waals surface area contributed by atoms with Gasteiger partial charge in [0.05, 0.1) is 68.7 Å². The van der Waals surface area contributed by atoms with Gasteiger partial charge in [0.2, 0.25) is 5.91 Å². The number of nitro benzene ring substituents is 2. The SMILES string of the molecule is CCOC(=O)C(C)OC(=O)c1cc(Oc2ccc(C(F)(F)F)cc2Cl)ccc1[N+](=O)[O-].CCc1cccc(C)c1N(C(=O)CCl)C(C)COC.CS(=O)(=O)c1ccc(C(=O)C2C(=O)CCCC2=O)c([N+](=O)[O-])c1.O=C(O)CNCP(=O)(O)O. The molecule has 0 saturated heterocycles. The van der Waals surface area contributed by atoms with Gasteiger partial charge in [-0.2, -0.15) is 13.2 Å². The molecule has 454 valence electrons. The number of hydrogen-bond acceptors (Lipinski definition) is 19. The first-order valence-electron chi connectivity index (χ1n) is 24.3. The standard InChI is InChI=1S/C19H15ClF3NO7.C15H22ClNO2.C14H13NO7S.C3H8NO5P/c1-3-29-17(25)10(2)30-18(26)13-9-12(5-6-15(13)24(27)28)31-16-7-4-11(8-14(16)20)19(21,22)23;1-5-13-8-6-7-11(2)15(13)17(14(18)9-16)12(3)10-19-4;1-23(21,22)8-5-6-9(10(7-8)15(19)20)14(18)13-11(16)3-2-4-12(13)17;5-3(6)1-4-2-10(7,8)9/h4-10H,3H2,1-2H3;6-8,12H,5,9-10H2,1-4H3;5-7,13H,2-4H2,1H3;4H,1-2H2,(H,5,6)(H2,7,8,9). The van der Waals surface area contributed by atoms with Gasteiger partial charge in [-0.3, -0.25) is 54.1 Å². The van der Waals surface area contributed by atoms with E-state index in [9.17, 15) is 79.9 Å². The zero-order valence-corrected chi connectivity index (χ0v) is 48.5. The van der Waals surface area contributed by atoms with Crippen molar-refractivity contribution < 1.29 is 103 Å². The van der Waals surface area contributed by atoms with Crippen LogP contribution in [0, 0.1) is 33.1 Å². The molecule has 1 saturated carbocycles. The molecule has 4 N–H and O–H groups in total. The van der Waals surface area contributed by atoms with Gasteiger partial charge >= 0.3 is 31.7 Å². The summed E-state index contributed by atoms with van der Waals surface area (Å²) in [5.74, 6) is -7.22. The van der Waals surface area contributed by atoms with Crippen LogP contribution in [0.2, 0.25) is 5.02 Å². The molecule has 4 aromatic rings. The van der Waals surface area contributed by atoms with Gasteiger partial charge in [-0.05, 0) is 88.1 Å². The number of halogens is 5. The molecular formula is C51H58Cl2F3N4O21PS. The molecule has 1 fully saturated rings.